The molecule has 1 aliphatic rings. The molecule has 0 aliphatic carbocycles. The van der Waals surface area contributed by atoms with E-state index in [1.54, 1.807) is 11.8 Å². The van der Waals surface area contributed by atoms with Gasteiger partial charge in [-0.2, -0.15) is 0 Å². The molecule has 1 saturated heterocycles. The third kappa shape index (κ3) is 5.53. The van der Waals surface area contributed by atoms with E-state index in [0.29, 0.717) is 19.0 Å². The molecule has 0 spiro atoms. The van der Waals surface area contributed by atoms with Crippen LogP contribution in [-0.4, -0.2) is 66.7 Å². The molecule has 1 aliphatic heterocycles. The van der Waals surface area contributed by atoms with Gasteiger partial charge >= 0.3 is 12.0 Å². The molecule has 122 valence electrons. The van der Waals surface area contributed by atoms with Gasteiger partial charge in [0, 0.05) is 31.6 Å². The summed E-state index contributed by atoms with van der Waals surface area (Å²) in [6.07, 6.45) is 0.937. The van der Waals surface area contributed by atoms with Gasteiger partial charge < -0.3 is 20.2 Å². The van der Waals surface area contributed by atoms with Crippen LogP contribution in [0.5, 0.6) is 0 Å². The van der Waals surface area contributed by atoms with Gasteiger partial charge in [0.05, 0.1) is 5.92 Å². The zero-order valence-electron chi connectivity index (χ0n) is 13.8. The highest BCUT2D eigenvalue weighted by Crippen LogP contribution is 2.24. The summed E-state index contributed by atoms with van der Waals surface area (Å²) in [6.45, 7) is 7.87. The summed E-state index contributed by atoms with van der Waals surface area (Å²) in [5.74, 6) is -0.579. The number of hydrogen-bond acceptors (Lipinski definition) is 3. The Hall–Kier alpha value is -1.30. The number of carbonyl (C=O) groups excluding carboxylic acids is 1. The van der Waals surface area contributed by atoms with Crippen LogP contribution in [-0.2, 0) is 4.79 Å². The fourth-order valence-corrected chi connectivity index (χ4v) is 2.65. The number of aliphatic carboxylic acids is 1. The summed E-state index contributed by atoms with van der Waals surface area (Å²) in [5, 5.41) is 12.0. The molecule has 0 bridgehead atoms. The van der Waals surface area contributed by atoms with E-state index in [1.807, 2.05) is 14.1 Å². The average molecular weight is 299 g/mol. The minimum absolute atomic E-state index is 0.0728. The molecular formula is C15H29N3O3. The SMILES string of the molecule is CC(C)CC(CN(C)C)NC(=O)N1CC(C(C)C(=O)O)C1. The van der Waals surface area contributed by atoms with Crippen LogP contribution in [0.2, 0.25) is 0 Å². The molecular weight excluding hydrogens is 270 g/mol. The van der Waals surface area contributed by atoms with Crippen molar-refractivity contribution in [3.8, 4) is 0 Å². The van der Waals surface area contributed by atoms with Gasteiger partial charge in [0.25, 0.3) is 0 Å². The van der Waals surface area contributed by atoms with E-state index in [2.05, 4.69) is 24.1 Å². The zero-order chi connectivity index (χ0) is 16.2. The summed E-state index contributed by atoms with van der Waals surface area (Å²) in [5.41, 5.74) is 0. The van der Waals surface area contributed by atoms with Gasteiger partial charge in [0.15, 0.2) is 0 Å². The molecule has 1 heterocycles. The first-order chi connectivity index (χ1) is 9.70. The first-order valence-corrected chi connectivity index (χ1v) is 7.63. The number of carboxylic acids is 1. The average Bonchev–Trinajstić information content (AvgIpc) is 2.24. The molecule has 0 aromatic rings. The smallest absolute Gasteiger partial charge is 0.317 e. The number of urea groups is 1. The molecule has 2 atom stereocenters. The lowest BCUT2D eigenvalue weighted by atomic mass is 9.87. The van der Waals surface area contributed by atoms with Gasteiger partial charge in [-0.05, 0) is 26.4 Å². The summed E-state index contributed by atoms with van der Waals surface area (Å²) in [7, 11) is 3.99. The number of nitrogens with one attached hydrogen (secondary N) is 1. The van der Waals surface area contributed by atoms with Crippen molar-refractivity contribution in [1.29, 1.82) is 0 Å². The summed E-state index contributed by atoms with van der Waals surface area (Å²) < 4.78 is 0. The Morgan fingerprint density at radius 1 is 1.29 bits per heavy atom. The molecule has 0 saturated carbocycles. The quantitative estimate of drug-likeness (QED) is 0.744. The van der Waals surface area contributed by atoms with Crippen LogP contribution in [0.15, 0.2) is 0 Å². The molecule has 6 heteroatoms. The van der Waals surface area contributed by atoms with E-state index in [4.69, 9.17) is 5.11 Å². The van der Waals surface area contributed by atoms with E-state index in [1.165, 1.54) is 0 Å². The lowest BCUT2D eigenvalue weighted by molar-refractivity contribution is -0.144. The fraction of sp³-hybridized carbons (Fsp3) is 0.867. The predicted octanol–water partition coefficient (Wildman–Crippen LogP) is 1.32. The number of amides is 2. The van der Waals surface area contributed by atoms with Crippen molar-refractivity contribution in [2.24, 2.45) is 17.8 Å². The van der Waals surface area contributed by atoms with Crippen LogP contribution < -0.4 is 5.32 Å². The Morgan fingerprint density at radius 2 is 1.86 bits per heavy atom. The van der Waals surface area contributed by atoms with Crippen molar-refractivity contribution in [3.05, 3.63) is 0 Å². The van der Waals surface area contributed by atoms with E-state index >= 15 is 0 Å². The maximum atomic E-state index is 12.2. The highest BCUT2D eigenvalue weighted by molar-refractivity contribution is 5.76. The maximum absolute atomic E-state index is 12.2. The predicted molar refractivity (Wildman–Crippen MR) is 82.2 cm³/mol. The summed E-state index contributed by atoms with van der Waals surface area (Å²) >= 11 is 0. The molecule has 1 fully saturated rings. The molecule has 2 N–H and O–H groups in total. The second-order valence-corrected chi connectivity index (χ2v) is 6.83. The first kappa shape index (κ1) is 17.8. The van der Waals surface area contributed by atoms with Crippen molar-refractivity contribution in [1.82, 2.24) is 15.1 Å². The number of nitrogens with zero attached hydrogens (tertiary/aromatic N) is 2. The lowest BCUT2D eigenvalue weighted by Gasteiger charge is -2.42. The fourth-order valence-electron chi connectivity index (χ4n) is 2.65. The topological polar surface area (TPSA) is 72.9 Å². The summed E-state index contributed by atoms with van der Waals surface area (Å²) in [4.78, 5) is 26.9. The second-order valence-electron chi connectivity index (χ2n) is 6.83. The normalized spacial score (nSPS) is 18.5. The van der Waals surface area contributed by atoms with Crippen LogP contribution in [0, 0.1) is 17.8 Å². The van der Waals surface area contributed by atoms with Gasteiger partial charge in [0.1, 0.15) is 0 Å². The largest absolute Gasteiger partial charge is 0.481 e. The van der Waals surface area contributed by atoms with Gasteiger partial charge in [0.2, 0.25) is 0 Å². The van der Waals surface area contributed by atoms with Crippen molar-refractivity contribution >= 4 is 12.0 Å². The first-order valence-electron chi connectivity index (χ1n) is 7.63. The van der Waals surface area contributed by atoms with Crippen molar-refractivity contribution in [2.45, 2.75) is 33.2 Å². The van der Waals surface area contributed by atoms with E-state index in [0.717, 1.165) is 13.0 Å². The number of hydrogen-bond donors (Lipinski definition) is 2. The van der Waals surface area contributed by atoms with E-state index in [-0.39, 0.29) is 23.9 Å². The van der Waals surface area contributed by atoms with Crippen LogP contribution in [0.1, 0.15) is 27.2 Å². The molecule has 0 radical (unpaired) electrons. The summed E-state index contributed by atoms with van der Waals surface area (Å²) in [6, 6.07) is 0.0554. The Balaban J connectivity index is 2.43. The minimum Gasteiger partial charge on any atom is -0.481 e. The molecule has 1 rings (SSSR count). The lowest BCUT2D eigenvalue weighted by Crippen LogP contribution is -2.58. The van der Waals surface area contributed by atoms with Gasteiger partial charge in [-0.1, -0.05) is 20.8 Å². The van der Waals surface area contributed by atoms with Gasteiger partial charge in [-0.3, -0.25) is 4.79 Å². The van der Waals surface area contributed by atoms with E-state index < -0.39 is 5.97 Å². The van der Waals surface area contributed by atoms with E-state index in [9.17, 15) is 9.59 Å². The second kappa shape index (κ2) is 7.64. The molecule has 0 aromatic carbocycles. The Morgan fingerprint density at radius 3 is 2.29 bits per heavy atom. The van der Waals surface area contributed by atoms with Crippen LogP contribution >= 0.6 is 0 Å². The monoisotopic (exact) mass is 299 g/mol. The maximum Gasteiger partial charge on any atom is 0.317 e. The number of likely N-dealkylation sites (tertiary alicyclic amines) is 1. The van der Waals surface area contributed by atoms with Gasteiger partial charge in [-0.15, -0.1) is 0 Å². The molecule has 2 unspecified atom stereocenters. The third-order valence-corrected chi connectivity index (χ3v) is 3.96. The number of carbonyl (C=O) groups is 2. The molecule has 21 heavy (non-hydrogen) atoms. The Kier molecular flexibility index (Phi) is 6.45. The number of rotatable bonds is 7. The third-order valence-electron chi connectivity index (χ3n) is 3.96. The molecule has 0 aromatic heterocycles. The highest BCUT2D eigenvalue weighted by Gasteiger charge is 2.37. The highest BCUT2D eigenvalue weighted by atomic mass is 16.4. The Bertz CT molecular complexity index is 355. The number of carboxylic acid groups (broad SMARTS) is 1. The minimum atomic E-state index is -0.787. The standard InChI is InChI=1S/C15H29N3O3/c1-10(2)6-13(9-17(4)5)16-15(21)18-7-12(8-18)11(3)14(19)20/h10-13H,6-9H2,1-5H3,(H,16,21)(H,19,20). The van der Waals surface area contributed by atoms with Crippen molar-refractivity contribution in [2.75, 3.05) is 33.7 Å². The number of likely N-dealkylation sites (N-methyl/N-ethyl adjacent to an activating group) is 1. The van der Waals surface area contributed by atoms with Crippen LogP contribution in [0.3, 0.4) is 0 Å². The van der Waals surface area contributed by atoms with Crippen molar-refractivity contribution in [3.63, 3.8) is 0 Å². The molecule has 2 amide bonds. The van der Waals surface area contributed by atoms with Gasteiger partial charge in [-0.25, -0.2) is 4.79 Å². The van der Waals surface area contributed by atoms with Crippen molar-refractivity contribution < 1.29 is 14.7 Å². The zero-order valence-corrected chi connectivity index (χ0v) is 13.8. The Labute approximate surface area is 127 Å². The van der Waals surface area contributed by atoms with Crippen LogP contribution in [0.4, 0.5) is 4.79 Å². The molecule has 6 nitrogen and oxygen atoms in total. The van der Waals surface area contributed by atoms with Crippen LogP contribution in [0.25, 0.3) is 0 Å².